The number of aliphatic hydroxyl groups is 1. The zero-order chi connectivity index (χ0) is 11.3. The lowest BCUT2D eigenvalue weighted by Crippen LogP contribution is -2.27. The van der Waals surface area contributed by atoms with Gasteiger partial charge in [-0.2, -0.15) is 0 Å². The second kappa shape index (κ2) is 5.68. The number of aryl methyl sites for hydroxylation is 1. The molecule has 82 valence electrons. The van der Waals surface area contributed by atoms with Gasteiger partial charge in [0.2, 0.25) is 0 Å². The van der Waals surface area contributed by atoms with Crippen molar-refractivity contribution < 1.29 is 5.11 Å². The van der Waals surface area contributed by atoms with Crippen molar-refractivity contribution in [1.82, 2.24) is 9.97 Å². The maximum atomic E-state index is 8.91. The van der Waals surface area contributed by atoms with E-state index in [2.05, 4.69) is 16.5 Å². The Morgan fingerprint density at radius 1 is 1.60 bits per heavy atom. The van der Waals surface area contributed by atoms with Crippen molar-refractivity contribution in [3.63, 3.8) is 0 Å². The summed E-state index contributed by atoms with van der Waals surface area (Å²) in [5, 5.41) is 9.32. The molecule has 1 rings (SSSR count). The number of anilines is 1. The van der Waals surface area contributed by atoms with Gasteiger partial charge in [-0.3, -0.25) is 0 Å². The van der Waals surface area contributed by atoms with Crippen molar-refractivity contribution >= 4 is 17.4 Å². The average Bonchev–Trinajstić information content (AvgIpc) is 2.16. The summed E-state index contributed by atoms with van der Waals surface area (Å²) < 4.78 is 0. The molecule has 4 nitrogen and oxygen atoms in total. The highest BCUT2D eigenvalue weighted by atomic mass is 35.5. The second-order valence-electron chi connectivity index (χ2n) is 3.05. The van der Waals surface area contributed by atoms with E-state index < -0.39 is 0 Å². The molecule has 0 aliphatic rings. The van der Waals surface area contributed by atoms with Gasteiger partial charge in [0.15, 0.2) is 0 Å². The SMILES string of the molecule is C=CCN(CCO)c1cc(Cl)nc(C)n1. The summed E-state index contributed by atoms with van der Waals surface area (Å²) in [6, 6.07) is 1.67. The van der Waals surface area contributed by atoms with Crippen LogP contribution in [-0.2, 0) is 0 Å². The van der Waals surface area contributed by atoms with Crippen LogP contribution >= 0.6 is 11.6 Å². The maximum Gasteiger partial charge on any atom is 0.134 e. The van der Waals surface area contributed by atoms with Crippen LogP contribution < -0.4 is 4.90 Å². The molecule has 0 spiro atoms. The zero-order valence-electron chi connectivity index (χ0n) is 8.65. The van der Waals surface area contributed by atoms with Crippen molar-refractivity contribution in [3.8, 4) is 0 Å². The van der Waals surface area contributed by atoms with Gasteiger partial charge in [-0.15, -0.1) is 6.58 Å². The van der Waals surface area contributed by atoms with Crippen LogP contribution in [0.15, 0.2) is 18.7 Å². The molecule has 0 radical (unpaired) electrons. The highest BCUT2D eigenvalue weighted by Gasteiger charge is 2.07. The highest BCUT2D eigenvalue weighted by molar-refractivity contribution is 6.29. The Kier molecular flexibility index (Phi) is 4.52. The Labute approximate surface area is 94.2 Å². The molecule has 1 N–H and O–H groups in total. The quantitative estimate of drug-likeness (QED) is 0.611. The summed E-state index contributed by atoms with van der Waals surface area (Å²) in [5.41, 5.74) is 0. The van der Waals surface area contributed by atoms with Crippen molar-refractivity contribution in [2.75, 3.05) is 24.6 Å². The molecule has 0 saturated carbocycles. The van der Waals surface area contributed by atoms with Gasteiger partial charge >= 0.3 is 0 Å². The van der Waals surface area contributed by atoms with Crippen LogP contribution in [0.4, 0.5) is 5.82 Å². The van der Waals surface area contributed by atoms with E-state index in [1.54, 1.807) is 19.1 Å². The predicted octanol–water partition coefficient (Wildman–Crippen LogP) is 1.42. The number of nitrogens with zero attached hydrogens (tertiary/aromatic N) is 3. The maximum absolute atomic E-state index is 8.91. The van der Waals surface area contributed by atoms with Crippen LogP contribution in [0.1, 0.15) is 5.82 Å². The third kappa shape index (κ3) is 3.49. The van der Waals surface area contributed by atoms with E-state index in [0.29, 0.717) is 29.9 Å². The lowest BCUT2D eigenvalue weighted by molar-refractivity contribution is 0.302. The topological polar surface area (TPSA) is 49.2 Å². The molecule has 15 heavy (non-hydrogen) atoms. The Hall–Kier alpha value is -1.13. The predicted molar refractivity (Wildman–Crippen MR) is 61.3 cm³/mol. The van der Waals surface area contributed by atoms with Gasteiger partial charge in [0, 0.05) is 19.2 Å². The molecule has 0 unspecified atom stereocenters. The fraction of sp³-hybridized carbons (Fsp3) is 0.400. The number of aromatic nitrogens is 2. The van der Waals surface area contributed by atoms with Crippen LogP contribution in [0.25, 0.3) is 0 Å². The number of rotatable bonds is 5. The van der Waals surface area contributed by atoms with Crippen LogP contribution in [0.5, 0.6) is 0 Å². The Morgan fingerprint density at radius 2 is 2.33 bits per heavy atom. The number of halogens is 1. The second-order valence-corrected chi connectivity index (χ2v) is 3.44. The van der Waals surface area contributed by atoms with E-state index in [1.165, 1.54) is 0 Å². The summed E-state index contributed by atoms with van der Waals surface area (Å²) in [7, 11) is 0. The Bertz CT molecular complexity index is 323. The number of hydrogen-bond acceptors (Lipinski definition) is 4. The molecule has 0 aromatic carbocycles. The summed E-state index contributed by atoms with van der Waals surface area (Å²) >= 11 is 5.83. The van der Waals surface area contributed by atoms with E-state index >= 15 is 0 Å². The summed E-state index contributed by atoms with van der Waals surface area (Å²) in [5.74, 6) is 1.32. The van der Waals surface area contributed by atoms with Crippen molar-refractivity contribution in [1.29, 1.82) is 0 Å². The molecule has 0 amide bonds. The van der Waals surface area contributed by atoms with Gasteiger partial charge in [0.25, 0.3) is 0 Å². The van der Waals surface area contributed by atoms with Crippen molar-refractivity contribution in [2.24, 2.45) is 0 Å². The van der Waals surface area contributed by atoms with E-state index in [1.807, 2.05) is 4.90 Å². The van der Waals surface area contributed by atoms with Crippen LogP contribution in [0, 0.1) is 6.92 Å². The van der Waals surface area contributed by atoms with Crippen molar-refractivity contribution in [2.45, 2.75) is 6.92 Å². The molecule has 1 heterocycles. The average molecular weight is 228 g/mol. The molecule has 0 atom stereocenters. The monoisotopic (exact) mass is 227 g/mol. The molecule has 1 aromatic rings. The molecule has 0 aliphatic carbocycles. The molecular weight excluding hydrogens is 214 g/mol. The standard InChI is InChI=1S/C10H14ClN3O/c1-3-4-14(5-6-15)10-7-9(11)12-8(2)13-10/h3,7,15H,1,4-6H2,2H3. The molecule has 0 aliphatic heterocycles. The largest absolute Gasteiger partial charge is 0.395 e. The first kappa shape index (κ1) is 11.9. The zero-order valence-corrected chi connectivity index (χ0v) is 9.41. The summed E-state index contributed by atoms with van der Waals surface area (Å²) in [6.07, 6.45) is 1.75. The van der Waals surface area contributed by atoms with Crippen LogP contribution in [0.2, 0.25) is 5.15 Å². The molecule has 0 saturated heterocycles. The number of hydrogen-bond donors (Lipinski definition) is 1. The lowest BCUT2D eigenvalue weighted by atomic mass is 10.4. The first-order chi connectivity index (χ1) is 7.17. The van der Waals surface area contributed by atoms with Crippen LogP contribution in [-0.4, -0.2) is 34.8 Å². The van der Waals surface area contributed by atoms with Gasteiger partial charge < -0.3 is 10.0 Å². The minimum absolute atomic E-state index is 0.0640. The molecule has 1 aromatic heterocycles. The third-order valence-corrected chi connectivity index (χ3v) is 2.03. The summed E-state index contributed by atoms with van der Waals surface area (Å²) in [4.78, 5) is 10.1. The molecular formula is C10H14ClN3O. The van der Waals surface area contributed by atoms with Gasteiger partial charge in [0.1, 0.15) is 16.8 Å². The van der Waals surface area contributed by atoms with Gasteiger partial charge in [0.05, 0.1) is 6.61 Å². The molecule has 0 fully saturated rings. The van der Waals surface area contributed by atoms with Gasteiger partial charge in [-0.05, 0) is 6.92 Å². The van der Waals surface area contributed by atoms with E-state index in [4.69, 9.17) is 16.7 Å². The molecule has 5 heteroatoms. The first-order valence-corrected chi connectivity index (χ1v) is 5.03. The fourth-order valence-electron chi connectivity index (χ4n) is 1.25. The van der Waals surface area contributed by atoms with Gasteiger partial charge in [-0.25, -0.2) is 9.97 Å². The summed E-state index contributed by atoms with van der Waals surface area (Å²) in [6.45, 7) is 6.61. The third-order valence-electron chi connectivity index (χ3n) is 1.84. The normalized spacial score (nSPS) is 10.1. The Balaban J connectivity index is 2.93. The fourth-order valence-corrected chi connectivity index (χ4v) is 1.47. The van der Waals surface area contributed by atoms with Crippen molar-refractivity contribution in [3.05, 3.63) is 29.7 Å². The smallest absolute Gasteiger partial charge is 0.134 e. The van der Waals surface area contributed by atoms with Gasteiger partial charge in [-0.1, -0.05) is 17.7 Å². The molecule has 0 bridgehead atoms. The van der Waals surface area contributed by atoms with E-state index in [9.17, 15) is 0 Å². The minimum atomic E-state index is 0.0640. The van der Waals surface area contributed by atoms with E-state index in [0.717, 1.165) is 0 Å². The van der Waals surface area contributed by atoms with E-state index in [-0.39, 0.29) is 6.61 Å². The van der Waals surface area contributed by atoms with Crippen LogP contribution in [0.3, 0.4) is 0 Å². The first-order valence-electron chi connectivity index (χ1n) is 4.65. The lowest BCUT2D eigenvalue weighted by Gasteiger charge is -2.21. The minimum Gasteiger partial charge on any atom is -0.395 e. The number of aliphatic hydroxyl groups excluding tert-OH is 1. The Morgan fingerprint density at radius 3 is 2.87 bits per heavy atom. The highest BCUT2D eigenvalue weighted by Crippen LogP contribution is 2.15.